The van der Waals surface area contributed by atoms with Crippen LogP contribution in [0, 0.1) is 29.1 Å². The molecule has 1 aliphatic carbocycles. The third-order valence-electron chi connectivity index (χ3n) is 3.79. The summed E-state index contributed by atoms with van der Waals surface area (Å²) in [6.45, 7) is 4.30. The Morgan fingerprint density at radius 3 is 2.59 bits per heavy atom. The van der Waals surface area contributed by atoms with E-state index in [0.717, 1.165) is 0 Å². The average Bonchev–Trinajstić information content (AvgIpc) is 2.37. The van der Waals surface area contributed by atoms with E-state index in [2.05, 4.69) is 13.0 Å². The Kier molecular flexibility index (Phi) is 6.04. The summed E-state index contributed by atoms with van der Waals surface area (Å²) in [5, 5.41) is 9.02. The lowest BCUT2D eigenvalue weighted by Crippen LogP contribution is -2.23. The first-order valence-electron chi connectivity index (χ1n) is 6.75. The van der Waals surface area contributed by atoms with Crippen LogP contribution in [0.25, 0.3) is 0 Å². The predicted octanol–water partition coefficient (Wildman–Crippen LogP) is 3.30. The molecule has 2 atom stereocenters. The van der Waals surface area contributed by atoms with E-state index in [9.17, 15) is 4.79 Å². The van der Waals surface area contributed by atoms with Gasteiger partial charge in [-0.3, -0.25) is 4.79 Å². The zero-order chi connectivity index (χ0) is 12.7. The number of carbonyl (C=O) groups is 1. The summed E-state index contributed by atoms with van der Waals surface area (Å²) >= 11 is 0. The van der Waals surface area contributed by atoms with Crippen LogP contribution in [0.3, 0.4) is 0 Å². The zero-order valence-electron chi connectivity index (χ0n) is 10.9. The number of nitriles is 1. The number of ether oxygens (including phenoxy) is 1. The lowest BCUT2D eigenvalue weighted by molar-refractivity contribution is -0.146. The SMILES string of the molecule is CCOC(=O)C(C#N)CC(C)C1CCCCC1. The molecule has 3 heteroatoms. The Labute approximate surface area is 104 Å². The molecule has 0 aromatic heterocycles. The molecule has 0 radical (unpaired) electrons. The van der Waals surface area contributed by atoms with Gasteiger partial charge >= 0.3 is 5.97 Å². The third-order valence-corrected chi connectivity index (χ3v) is 3.79. The van der Waals surface area contributed by atoms with E-state index >= 15 is 0 Å². The minimum absolute atomic E-state index is 0.349. The van der Waals surface area contributed by atoms with Gasteiger partial charge in [0.25, 0.3) is 0 Å². The summed E-state index contributed by atoms with van der Waals surface area (Å²) in [6, 6.07) is 2.08. The number of hydrogen-bond donors (Lipinski definition) is 0. The van der Waals surface area contributed by atoms with Gasteiger partial charge in [0.15, 0.2) is 0 Å². The van der Waals surface area contributed by atoms with Crippen molar-refractivity contribution in [3.05, 3.63) is 0 Å². The van der Waals surface area contributed by atoms with Crippen LogP contribution in [0.1, 0.15) is 52.4 Å². The molecule has 2 unspecified atom stereocenters. The van der Waals surface area contributed by atoms with Gasteiger partial charge in [-0.2, -0.15) is 5.26 Å². The summed E-state index contributed by atoms with van der Waals surface area (Å²) in [7, 11) is 0. The van der Waals surface area contributed by atoms with Crippen molar-refractivity contribution in [2.24, 2.45) is 17.8 Å². The molecule has 0 spiro atoms. The average molecular weight is 237 g/mol. The Bertz CT molecular complexity index is 276. The minimum atomic E-state index is -0.577. The van der Waals surface area contributed by atoms with Crippen LogP contribution in [-0.2, 0) is 9.53 Å². The fourth-order valence-electron chi connectivity index (χ4n) is 2.71. The highest BCUT2D eigenvalue weighted by Gasteiger charge is 2.27. The van der Waals surface area contributed by atoms with Crippen LogP contribution >= 0.6 is 0 Å². The molecule has 96 valence electrons. The van der Waals surface area contributed by atoms with Crippen LogP contribution in [-0.4, -0.2) is 12.6 Å². The van der Waals surface area contributed by atoms with Gasteiger partial charge in [-0.25, -0.2) is 0 Å². The first-order valence-corrected chi connectivity index (χ1v) is 6.75. The third kappa shape index (κ3) is 4.38. The van der Waals surface area contributed by atoms with Crippen LogP contribution in [0.15, 0.2) is 0 Å². The number of hydrogen-bond acceptors (Lipinski definition) is 3. The first kappa shape index (κ1) is 14.0. The summed E-state index contributed by atoms with van der Waals surface area (Å²) < 4.78 is 4.92. The predicted molar refractivity (Wildman–Crippen MR) is 66.1 cm³/mol. The van der Waals surface area contributed by atoms with Gasteiger partial charge in [-0.1, -0.05) is 39.0 Å². The number of esters is 1. The van der Waals surface area contributed by atoms with Crippen molar-refractivity contribution >= 4 is 5.97 Å². The second kappa shape index (κ2) is 7.32. The topological polar surface area (TPSA) is 50.1 Å². The molecule has 0 N–H and O–H groups in total. The Balaban J connectivity index is 2.44. The molecule has 0 bridgehead atoms. The molecule has 0 aromatic rings. The highest BCUT2D eigenvalue weighted by atomic mass is 16.5. The minimum Gasteiger partial charge on any atom is -0.465 e. The Morgan fingerprint density at radius 2 is 2.06 bits per heavy atom. The van der Waals surface area contributed by atoms with Gasteiger partial charge < -0.3 is 4.74 Å². The van der Waals surface area contributed by atoms with E-state index in [1.54, 1.807) is 6.92 Å². The summed E-state index contributed by atoms with van der Waals surface area (Å²) in [6.07, 6.45) is 7.09. The lowest BCUT2D eigenvalue weighted by atomic mass is 9.77. The van der Waals surface area contributed by atoms with Gasteiger partial charge in [0.2, 0.25) is 0 Å². The molecule has 0 saturated heterocycles. The molecule has 0 aromatic carbocycles. The molecular weight excluding hydrogens is 214 g/mol. The van der Waals surface area contributed by atoms with Gasteiger partial charge in [-0.05, 0) is 25.2 Å². The van der Waals surface area contributed by atoms with E-state index in [-0.39, 0.29) is 5.97 Å². The molecule has 1 fully saturated rings. The van der Waals surface area contributed by atoms with Crippen LogP contribution in [0.2, 0.25) is 0 Å². The van der Waals surface area contributed by atoms with Gasteiger partial charge in [0.05, 0.1) is 12.7 Å². The quantitative estimate of drug-likeness (QED) is 0.689. The molecule has 1 rings (SSSR count). The van der Waals surface area contributed by atoms with E-state index in [1.165, 1.54) is 32.1 Å². The molecule has 0 aliphatic heterocycles. The van der Waals surface area contributed by atoms with Crippen LogP contribution in [0.5, 0.6) is 0 Å². The Hall–Kier alpha value is -1.04. The fraction of sp³-hybridized carbons (Fsp3) is 0.857. The van der Waals surface area contributed by atoms with Gasteiger partial charge in [0.1, 0.15) is 5.92 Å². The van der Waals surface area contributed by atoms with Crippen molar-refractivity contribution in [2.75, 3.05) is 6.61 Å². The van der Waals surface area contributed by atoms with E-state index in [1.807, 2.05) is 0 Å². The fourth-order valence-corrected chi connectivity index (χ4v) is 2.71. The normalized spacial score (nSPS) is 20.3. The van der Waals surface area contributed by atoms with Crippen molar-refractivity contribution in [3.63, 3.8) is 0 Å². The summed E-state index contributed by atoms with van der Waals surface area (Å²) in [5.74, 6) is 0.211. The van der Waals surface area contributed by atoms with Crippen LogP contribution < -0.4 is 0 Å². The molecular formula is C14H23NO2. The van der Waals surface area contributed by atoms with Gasteiger partial charge in [0, 0.05) is 0 Å². The Morgan fingerprint density at radius 1 is 1.41 bits per heavy atom. The van der Waals surface area contributed by atoms with Crippen molar-refractivity contribution < 1.29 is 9.53 Å². The molecule has 1 saturated carbocycles. The zero-order valence-corrected chi connectivity index (χ0v) is 10.9. The largest absolute Gasteiger partial charge is 0.465 e. The van der Waals surface area contributed by atoms with Crippen molar-refractivity contribution in [1.29, 1.82) is 5.26 Å². The standard InChI is InChI=1S/C14H23NO2/c1-3-17-14(16)13(10-15)9-11(2)12-7-5-4-6-8-12/h11-13H,3-9H2,1-2H3. The maximum Gasteiger partial charge on any atom is 0.323 e. The smallest absolute Gasteiger partial charge is 0.323 e. The summed E-state index contributed by atoms with van der Waals surface area (Å²) in [4.78, 5) is 11.5. The molecule has 1 aliphatic rings. The van der Waals surface area contributed by atoms with E-state index in [0.29, 0.717) is 24.9 Å². The van der Waals surface area contributed by atoms with Gasteiger partial charge in [-0.15, -0.1) is 0 Å². The molecule has 17 heavy (non-hydrogen) atoms. The van der Waals surface area contributed by atoms with Crippen molar-refractivity contribution in [3.8, 4) is 6.07 Å². The first-order chi connectivity index (χ1) is 8.19. The monoisotopic (exact) mass is 237 g/mol. The summed E-state index contributed by atoms with van der Waals surface area (Å²) in [5.41, 5.74) is 0. The second-order valence-electron chi connectivity index (χ2n) is 5.04. The number of nitrogens with zero attached hydrogens (tertiary/aromatic N) is 1. The molecule has 0 heterocycles. The van der Waals surface area contributed by atoms with Crippen LogP contribution in [0.4, 0.5) is 0 Å². The maximum atomic E-state index is 11.5. The molecule has 3 nitrogen and oxygen atoms in total. The number of rotatable bonds is 5. The van der Waals surface area contributed by atoms with Crippen molar-refractivity contribution in [1.82, 2.24) is 0 Å². The van der Waals surface area contributed by atoms with E-state index in [4.69, 9.17) is 10.00 Å². The van der Waals surface area contributed by atoms with Crippen molar-refractivity contribution in [2.45, 2.75) is 52.4 Å². The van der Waals surface area contributed by atoms with E-state index < -0.39 is 5.92 Å². The number of carbonyl (C=O) groups excluding carboxylic acids is 1. The lowest BCUT2D eigenvalue weighted by Gasteiger charge is -2.28. The molecule has 0 amide bonds. The highest BCUT2D eigenvalue weighted by molar-refractivity contribution is 5.75. The second-order valence-corrected chi connectivity index (χ2v) is 5.04. The highest BCUT2D eigenvalue weighted by Crippen LogP contribution is 2.33. The maximum absolute atomic E-state index is 11.5.